The number of ether oxygens (including phenoxy) is 1. The Morgan fingerprint density at radius 3 is 2.77 bits per heavy atom. The number of halogens is 3. The second kappa shape index (κ2) is 7.12. The van der Waals surface area contributed by atoms with E-state index in [1.807, 2.05) is 0 Å². The molecule has 1 amide bonds. The van der Waals surface area contributed by atoms with E-state index in [9.17, 15) is 18.0 Å². The van der Waals surface area contributed by atoms with Crippen molar-refractivity contribution in [2.75, 3.05) is 18.5 Å². The predicted octanol–water partition coefficient (Wildman–Crippen LogP) is 2.32. The number of alkyl halides is 2. The first-order valence-electron chi connectivity index (χ1n) is 7.65. The number of carbonyl (C=O) groups is 1. The zero-order valence-corrected chi connectivity index (χ0v) is 13.5. The van der Waals surface area contributed by atoms with Crippen LogP contribution in [0.1, 0.15) is 16.1 Å². The number of nitrogens with zero attached hydrogens (tertiary/aromatic N) is 2. The van der Waals surface area contributed by atoms with Crippen molar-refractivity contribution < 1.29 is 22.7 Å². The molecule has 0 bridgehead atoms. The number of aliphatic imine (C=N–C) groups is 1. The molecule has 2 aromatic rings. The number of hydrogen-bond acceptors (Lipinski definition) is 5. The summed E-state index contributed by atoms with van der Waals surface area (Å²) < 4.78 is 46.9. The molecule has 0 saturated heterocycles. The minimum atomic E-state index is -3.06. The Morgan fingerprint density at radius 1 is 1.31 bits per heavy atom. The first kappa shape index (κ1) is 17.9. The van der Waals surface area contributed by atoms with Gasteiger partial charge in [-0.25, -0.2) is 13.2 Å². The molecular formula is C17H15F3N4O2. The summed E-state index contributed by atoms with van der Waals surface area (Å²) in [4.78, 5) is 19.8. The smallest absolute Gasteiger partial charge is 0.274 e. The number of amides is 1. The van der Waals surface area contributed by atoms with Gasteiger partial charge < -0.3 is 15.8 Å². The molecule has 2 heterocycles. The lowest BCUT2D eigenvalue weighted by Gasteiger charge is -2.33. The minimum Gasteiger partial charge on any atom is -0.385 e. The quantitative estimate of drug-likeness (QED) is 0.871. The predicted molar refractivity (Wildman–Crippen MR) is 88.7 cm³/mol. The summed E-state index contributed by atoms with van der Waals surface area (Å²) in [5.74, 6) is -1.61. The van der Waals surface area contributed by atoms with E-state index in [-0.39, 0.29) is 23.8 Å². The fourth-order valence-electron chi connectivity index (χ4n) is 2.63. The van der Waals surface area contributed by atoms with Gasteiger partial charge in [-0.1, -0.05) is 6.07 Å². The van der Waals surface area contributed by atoms with Gasteiger partial charge in [0.1, 0.15) is 24.0 Å². The van der Waals surface area contributed by atoms with Gasteiger partial charge in [-0.15, -0.1) is 0 Å². The Hall–Kier alpha value is -2.94. The number of nitrogens with one attached hydrogen (secondary N) is 1. The summed E-state index contributed by atoms with van der Waals surface area (Å²) in [6, 6.07) is 8.10. The molecule has 1 atom stereocenters. The molecule has 1 aliphatic heterocycles. The maximum atomic E-state index is 14.3. The van der Waals surface area contributed by atoms with Crippen LogP contribution in [-0.4, -0.2) is 36.4 Å². The van der Waals surface area contributed by atoms with Crippen LogP contribution in [0, 0.1) is 5.82 Å². The van der Waals surface area contributed by atoms with Gasteiger partial charge in [-0.05, 0) is 30.3 Å². The number of amidine groups is 1. The van der Waals surface area contributed by atoms with Crippen molar-refractivity contribution in [1.82, 2.24) is 4.98 Å². The highest BCUT2D eigenvalue weighted by Gasteiger charge is 2.46. The summed E-state index contributed by atoms with van der Waals surface area (Å²) >= 11 is 0. The normalized spacial score (nSPS) is 19.9. The van der Waals surface area contributed by atoms with E-state index in [1.165, 1.54) is 18.3 Å². The van der Waals surface area contributed by atoms with E-state index in [4.69, 9.17) is 10.5 Å². The Bertz CT molecular complexity index is 845. The number of rotatable bonds is 4. The van der Waals surface area contributed by atoms with Crippen LogP contribution >= 0.6 is 0 Å². The molecule has 1 aromatic heterocycles. The molecule has 0 saturated carbocycles. The van der Waals surface area contributed by atoms with Crippen molar-refractivity contribution in [2.45, 2.75) is 12.0 Å². The van der Waals surface area contributed by atoms with Gasteiger partial charge in [0.05, 0.1) is 6.61 Å². The molecular weight excluding hydrogens is 349 g/mol. The van der Waals surface area contributed by atoms with Crippen molar-refractivity contribution in [2.24, 2.45) is 10.7 Å². The largest absolute Gasteiger partial charge is 0.385 e. The van der Waals surface area contributed by atoms with Crippen molar-refractivity contribution in [1.29, 1.82) is 0 Å². The summed E-state index contributed by atoms with van der Waals surface area (Å²) in [6.45, 7) is -0.633. The zero-order chi connectivity index (χ0) is 18.7. The van der Waals surface area contributed by atoms with Gasteiger partial charge in [0.15, 0.2) is 5.54 Å². The Labute approximate surface area is 146 Å². The highest BCUT2D eigenvalue weighted by molar-refractivity contribution is 6.02. The number of nitrogens with two attached hydrogens (primary N) is 1. The van der Waals surface area contributed by atoms with E-state index in [2.05, 4.69) is 15.3 Å². The molecule has 0 radical (unpaired) electrons. The number of aromatic nitrogens is 1. The molecule has 0 aliphatic carbocycles. The maximum absolute atomic E-state index is 14.3. The Morgan fingerprint density at radius 2 is 2.12 bits per heavy atom. The van der Waals surface area contributed by atoms with Gasteiger partial charge in [0.2, 0.25) is 0 Å². The molecule has 3 rings (SSSR count). The van der Waals surface area contributed by atoms with Gasteiger partial charge in [0, 0.05) is 17.4 Å². The number of benzene rings is 1. The maximum Gasteiger partial charge on any atom is 0.274 e. The van der Waals surface area contributed by atoms with Crippen LogP contribution < -0.4 is 11.1 Å². The molecule has 9 heteroatoms. The van der Waals surface area contributed by atoms with Crippen LogP contribution in [0.5, 0.6) is 0 Å². The van der Waals surface area contributed by atoms with Gasteiger partial charge in [-0.2, -0.15) is 0 Å². The van der Waals surface area contributed by atoms with Gasteiger partial charge >= 0.3 is 0 Å². The second-order valence-electron chi connectivity index (χ2n) is 5.68. The van der Waals surface area contributed by atoms with Crippen LogP contribution in [0.2, 0.25) is 0 Å². The van der Waals surface area contributed by atoms with Crippen molar-refractivity contribution >= 4 is 17.4 Å². The average molecular weight is 364 g/mol. The third-order valence-electron chi connectivity index (χ3n) is 3.86. The molecule has 0 unspecified atom stereocenters. The molecule has 1 aliphatic rings. The number of hydrogen-bond donors (Lipinski definition) is 2. The highest BCUT2D eigenvalue weighted by atomic mass is 19.3. The van der Waals surface area contributed by atoms with Crippen LogP contribution in [0.3, 0.4) is 0 Å². The standard InChI is InChI=1S/C17H15F3N4O2/c18-12-5-4-10(23-15(25)13-3-1-2-6-22-13)7-11(12)17(16(19)20)9-26-8-14(21)24-17/h1-7,16H,8-9H2,(H2,21,24)(H,23,25)/t17-/m0/s1. The zero-order valence-electron chi connectivity index (χ0n) is 13.5. The fraction of sp³-hybridized carbons (Fsp3) is 0.235. The summed E-state index contributed by atoms with van der Waals surface area (Å²) in [5, 5.41) is 2.50. The molecule has 3 N–H and O–H groups in total. The van der Waals surface area contributed by atoms with Crippen molar-refractivity contribution in [3.05, 3.63) is 59.7 Å². The Kier molecular flexibility index (Phi) is 4.90. The van der Waals surface area contributed by atoms with E-state index in [0.717, 1.165) is 12.1 Å². The Balaban J connectivity index is 1.97. The van der Waals surface area contributed by atoms with Gasteiger partial charge in [-0.3, -0.25) is 14.8 Å². The van der Waals surface area contributed by atoms with E-state index in [1.54, 1.807) is 12.1 Å². The molecule has 26 heavy (non-hydrogen) atoms. The second-order valence-corrected chi connectivity index (χ2v) is 5.68. The topological polar surface area (TPSA) is 89.6 Å². The van der Waals surface area contributed by atoms with E-state index < -0.39 is 35.9 Å². The molecule has 0 spiro atoms. The monoisotopic (exact) mass is 364 g/mol. The third-order valence-corrected chi connectivity index (χ3v) is 3.86. The molecule has 6 nitrogen and oxygen atoms in total. The van der Waals surface area contributed by atoms with E-state index in [0.29, 0.717) is 0 Å². The highest BCUT2D eigenvalue weighted by Crippen LogP contribution is 2.37. The summed E-state index contributed by atoms with van der Waals surface area (Å²) in [5.41, 5.74) is 3.10. The number of pyridine rings is 1. The molecule has 1 aromatic carbocycles. The van der Waals surface area contributed by atoms with Crippen molar-refractivity contribution in [3.63, 3.8) is 0 Å². The number of anilines is 1. The van der Waals surface area contributed by atoms with Crippen LogP contribution in [0.4, 0.5) is 18.9 Å². The average Bonchev–Trinajstić information content (AvgIpc) is 2.63. The number of carbonyl (C=O) groups excluding carboxylic acids is 1. The lowest BCUT2D eigenvalue weighted by molar-refractivity contribution is -0.0145. The summed E-state index contributed by atoms with van der Waals surface area (Å²) in [7, 11) is 0. The minimum absolute atomic E-state index is 0.105. The molecule has 0 fully saturated rings. The SMILES string of the molecule is NC1=N[C@@](c2cc(NC(=O)c3ccccn3)ccc2F)(C(F)F)COC1. The lowest BCUT2D eigenvalue weighted by atomic mass is 9.90. The van der Waals surface area contributed by atoms with Crippen molar-refractivity contribution in [3.8, 4) is 0 Å². The lowest BCUT2D eigenvalue weighted by Crippen LogP contribution is -2.45. The fourth-order valence-corrected chi connectivity index (χ4v) is 2.63. The van der Waals surface area contributed by atoms with E-state index >= 15 is 0 Å². The van der Waals surface area contributed by atoms with Crippen LogP contribution in [0.25, 0.3) is 0 Å². The summed E-state index contributed by atoms with van der Waals surface area (Å²) in [6.07, 6.45) is -1.62. The third kappa shape index (κ3) is 3.38. The first-order chi connectivity index (χ1) is 12.4. The van der Waals surface area contributed by atoms with Crippen LogP contribution in [0.15, 0.2) is 47.6 Å². The first-order valence-corrected chi connectivity index (χ1v) is 7.65. The molecule has 136 valence electrons. The van der Waals surface area contributed by atoms with Gasteiger partial charge in [0.25, 0.3) is 12.3 Å². The van der Waals surface area contributed by atoms with Crippen LogP contribution in [-0.2, 0) is 10.3 Å².